The molecule has 1 aromatic heterocycles. The van der Waals surface area contributed by atoms with Gasteiger partial charge in [-0.2, -0.15) is 18.3 Å². The minimum Gasteiger partial charge on any atom is -0.383 e. The lowest BCUT2D eigenvalue weighted by Crippen LogP contribution is -2.39. The van der Waals surface area contributed by atoms with Gasteiger partial charge in [0.25, 0.3) is 11.8 Å². The van der Waals surface area contributed by atoms with Crippen LogP contribution in [0.25, 0.3) is 10.9 Å². The Hall–Kier alpha value is -3.47. The van der Waals surface area contributed by atoms with E-state index < -0.39 is 23.5 Å². The number of likely N-dealkylation sites (tertiary alicyclic amines) is 1. The minimum atomic E-state index is -4.81. The van der Waals surface area contributed by atoms with Gasteiger partial charge in [0.2, 0.25) is 0 Å². The van der Waals surface area contributed by atoms with Crippen molar-refractivity contribution in [3.63, 3.8) is 0 Å². The molecule has 1 saturated heterocycles. The monoisotopic (exact) mass is 506 g/mol. The number of hydrogen-bond donors (Lipinski definition) is 1. The van der Waals surface area contributed by atoms with Gasteiger partial charge in [-0.3, -0.25) is 14.3 Å². The Kier molecular flexibility index (Phi) is 7.58. The van der Waals surface area contributed by atoms with E-state index in [-0.39, 0.29) is 17.4 Å². The van der Waals surface area contributed by atoms with Crippen molar-refractivity contribution >= 4 is 22.7 Å². The molecule has 7 nitrogen and oxygen atoms in total. The SMILES string of the molecule is COCCNC(=O)c1ccc2nn(CC3CCN(C(=O)c4ccc(C(F)(F)F)c(F)c4)CC3)cc2c1. The van der Waals surface area contributed by atoms with E-state index >= 15 is 0 Å². The molecule has 0 saturated carbocycles. The van der Waals surface area contributed by atoms with Gasteiger partial charge in [-0.1, -0.05) is 0 Å². The van der Waals surface area contributed by atoms with Crippen molar-refractivity contribution in [2.24, 2.45) is 5.92 Å². The van der Waals surface area contributed by atoms with E-state index in [1.807, 2.05) is 10.9 Å². The molecule has 0 atom stereocenters. The van der Waals surface area contributed by atoms with Crippen LogP contribution in [0, 0.1) is 11.7 Å². The number of carbonyl (C=O) groups is 2. The number of amides is 2. The van der Waals surface area contributed by atoms with Crippen LogP contribution in [0.1, 0.15) is 39.1 Å². The van der Waals surface area contributed by atoms with Gasteiger partial charge in [0.05, 0.1) is 17.7 Å². The van der Waals surface area contributed by atoms with Crippen molar-refractivity contribution in [3.05, 3.63) is 65.1 Å². The molecular formula is C25H26F4N4O3. The highest BCUT2D eigenvalue weighted by atomic mass is 19.4. The Balaban J connectivity index is 1.34. The normalized spacial score (nSPS) is 14.9. The van der Waals surface area contributed by atoms with Crippen LogP contribution in [0.4, 0.5) is 17.6 Å². The van der Waals surface area contributed by atoms with Gasteiger partial charge < -0.3 is 15.0 Å². The number of piperidine rings is 1. The number of fused-ring (bicyclic) bond motifs is 1. The lowest BCUT2D eigenvalue weighted by Gasteiger charge is -2.32. The molecule has 0 unspecified atom stereocenters. The number of methoxy groups -OCH3 is 1. The Morgan fingerprint density at radius 1 is 1.11 bits per heavy atom. The first kappa shape index (κ1) is 25.6. The number of rotatable bonds is 7. The first-order chi connectivity index (χ1) is 17.2. The number of halogens is 4. The number of nitrogens with one attached hydrogen (secondary N) is 1. The van der Waals surface area contributed by atoms with Crippen molar-refractivity contribution in [2.45, 2.75) is 25.6 Å². The zero-order chi connectivity index (χ0) is 25.9. The van der Waals surface area contributed by atoms with E-state index in [0.29, 0.717) is 63.3 Å². The first-order valence-corrected chi connectivity index (χ1v) is 11.6. The van der Waals surface area contributed by atoms with Gasteiger partial charge in [0.15, 0.2) is 0 Å². The van der Waals surface area contributed by atoms with E-state index in [1.54, 1.807) is 25.3 Å². The molecule has 192 valence electrons. The van der Waals surface area contributed by atoms with Crippen LogP contribution in [-0.4, -0.2) is 59.8 Å². The average molecular weight is 507 g/mol. The van der Waals surface area contributed by atoms with E-state index in [2.05, 4.69) is 10.4 Å². The molecule has 0 spiro atoms. The second-order valence-corrected chi connectivity index (χ2v) is 8.80. The maximum atomic E-state index is 13.9. The molecule has 11 heteroatoms. The van der Waals surface area contributed by atoms with Crippen molar-refractivity contribution in [1.82, 2.24) is 20.0 Å². The van der Waals surface area contributed by atoms with Crippen LogP contribution >= 0.6 is 0 Å². The van der Waals surface area contributed by atoms with Crippen molar-refractivity contribution < 1.29 is 31.9 Å². The third kappa shape index (κ3) is 5.84. The fourth-order valence-electron chi connectivity index (χ4n) is 4.32. The number of ether oxygens (including phenoxy) is 1. The Morgan fingerprint density at radius 3 is 2.50 bits per heavy atom. The summed E-state index contributed by atoms with van der Waals surface area (Å²) in [5, 5.41) is 8.19. The van der Waals surface area contributed by atoms with Crippen LogP contribution in [0.2, 0.25) is 0 Å². The molecule has 0 radical (unpaired) electrons. The number of benzene rings is 2. The predicted molar refractivity (Wildman–Crippen MR) is 124 cm³/mol. The molecule has 1 aliphatic rings. The minimum absolute atomic E-state index is 0.0978. The predicted octanol–water partition coefficient (Wildman–Crippen LogP) is 4.12. The molecule has 4 rings (SSSR count). The number of aromatic nitrogens is 2. The van der Waals surface area contributed by atoms with Gasteiger partial charge in [0, 0.05) is 56.0 Å². The summed E-state index contributed by atoms with van der Waals surface area (Å²) in [6, 6.07) is 7.57. The maximum absolute atomic E-state index is 13.9. The summed E-state index contributed by atoms with van der Waals surface area (Å²) in [7, 11) is 1.56. The molecule has 0 bridgehead atoms. The zero-order valence-corrected chi connectivity index (χ0v) is 19.6. The fourth-order valence-corrected chi connectivity index (χ4v) is 4.32. The molecular weight excluding hydrogens is 480 g/mol. The number of alkyl halides is 3. The van der Waals surface area contributed by atoms with Crippen LogP contribution < -0.4 is 5.32 Å². The second kappa shape index (κ2) is 10.7. The fraction of sp³-hybridized carbons (Fsp3) is 0.400. The first-order valence-electron chi connectivity index (χ1n) is 11.6. The van der Waals surface area contributed by atoms with Gasteiger partial charge in [-0.05, 0) is 55.2 Å². The van der Waals surface area contributed by atoms with Crippen LogP contribution in [0.3, 0.4) is 0 Å². The van der Waals surface area contributed by atoms with E-state index in [1.165, 1.54) is 4.90 Å². The van der Waals surface area contributed by atoms with Gasteiger partial charge >= 0.3 is 6.18 Å². The number of hydrogen-bond acceptors (Lipinski definition) is 4. The van der Waals surface area contributed by atoms with E-state index in [9.17, 15) is 27.2 Å². The highest BCUT2D eigenvalue weighted by Crippen LogP contribution is 2.32. The second-order valence-electron chi connectivity index (χ2n) is 8.80. The molecule has 1 aliphatic heterocycles. The summed E-state index contributed by atoms with van der Waals surface area (Å²) in [5.41, 5.74) is -0.187. The Morgan fingerprint density at radius 2 is 1.83 bits per heavy atom. The molecule has 1 fully saturated rings. The van der Waals surface area contributed by atoms with Crippen molar-refractivity contribution in [2.75, 3.05) is 33.4 Å². The topological polar surface area (TPSA) is 76.5 Å². The van der Waals surface area contributed by atoms with E-state index in [4.69, 9.17) is 4.74 Å². The lowest BCUT2D eigenvalue weighted by atomic mass is 9.96. The van der Waals surface area contributed by atoms with Gasteiger partial charge in [-0.15, -0.1) is 0 Å². The van der Waals surface area contributed by atoms with Crippen molar-refractivity contribution in [1.29, 1.82) is 0 Å². The molecule has 1 N–H and O–H groups in total. The zero-order valence-electron chi connectivity index (χ0n) is 19.6. The van der Waals surface area contributed by atoms with Crippen LogP contribution in [0.15, 0.2) is 42.6 Å². The smallest absolute Gasteiger partial charge is 0.383 e. The number of carbonyl (C=O) groups excluding carboxylic acids is 2. The summed E-state index contributed by atoms with van der Waals surface area (Å²) in [5.74, 6) is -1.89. The summed E-state index contributed by atoms with van der Waals surface area (Å²) < 4.78 is 59.0. The third-order valence-corrected chi connectivity index (χ3v) is 6.27. The standard InChI is InChI=1S/C25H26F4N4O3/c1-36-11-8-30-23(34)17-3-5-22-19(12-17)15-33(31-22)14-16-6-9-32(10-7-16)24(35)18-2-4-20(21(26)13-18)25(27,28)29/h2-5,12-13,15-16H,6-11,14H2,1H3,(H,30,34). The average Bonchev–Trinajstić information content (AvgIpc) is 3.24. The molecule has 3 aromatic rings. The quantitative estimate of drug-likeness (QED) is 0.386. The lowest BCUT2D eigenvalue weighted by molar-refractivity contribution is -0.140. The molecule has 36 heavy (non-hydrogen) atoms. The largest absolute Gasteiger partial charge is 0.419 e. The van der Waals surface area contributed by atoms with Crippen LogP contribution in [-0.2, 0) is 17.5 Å². The van der Waals surface area contributed by atoms with E-state index in [0.717, 1.165) is 17.0 Å². The summed E-state index contributed by atoms with van der Waals surface area (Å²) in [4.78, 5) is 26.5. The maximum Gasteiger partial charge on any atom is 0.419 e. The highest BCUT2D eigenvalue weighted by molar-refractivity contribution is 5.97. The molecule has 2 heterocycles. The molecule has 2 aromatic carbocycles. The summed E-state index contributed by atoms with van der Waals surface area (Å²) in [6.07, 6.45) is -1.57. The molecule has 2 amide bonds. The third-order valence-electron chi connectivity index (χ3n) is 6.27. The summed E-state index contributed by atoms with van der Waals surface area (Å²) in [6.45, 7) is 2.30. The molecule has 0 aliphatic carbocycles. The van der Waals surface area contributed by atoms with Crippen molar-refractivity contribution in [3.8, 4) is 0 Å². The van der Waals surface area contributed by atoms with Crippen LogP contribution in [0.5, 0.6) is 0 Å². The Labute approximate surface area is 205 Å². The van der Waals surface area contributed by atoms with Gasteiger partial charge in [0.1, 0.15) is 5.82 Å². The summed E-state index contributed by atoms with van der Waals surface area (Å²) >= 11 is 0. The number of nitrogens with zero attached hydrogens (tertiary/aromatic N) is 3. The van der Waals surface area contributed by atoms with Gasteiger partial charge in [-0.25, -0.2) is 4.39 Å². The Bertz CT molecular complexity index is 1250. The highest BCUT2D eigenvalue weighted by Gasteiger charge is 2.34.